The Balaban J connectivity index is 2.22. The maximum Gasteiger partial charge on any atom is -0.0224 e. The van der Waals surface area contributed by atoms with Crippen LogP contribution < -0.4 is 0 Å². The molecule has 14 heavy (non-hydrogen) atoms. The molecule has 0 aromatic heterocycles. The van der Waals surface area contributed by atoms with Crippen LogP contribution in [0.25, 0.3) is 5.57 Å². The van der Waals surface area contributed by atoms with Gasteiger partial charge in [-0.25, -0.2) is 0 Å². The molecule has 0 saturated carbocycles. The maximum absolute atomic E-state index is 2.28. The Morgan fingerprint density at radius 3 is 2.36 bits per heavy atom. The summed E-state index contributed by atoms with van der Waals surface area (Å²) in [7, 11) is 0. The minimum atomic E-state index is 1.19. The molecule has 0 heterocycles. The van der Waals surface area contributed by atoms with Crippen LogP contribution in [0.3, 0.4) is 0 Å². The fourth-order valence-electron chi connectivity index (χ4n) is 1.87. The van der Waals surface area contributed by atoms with Crippen LogP contribution in [0.1, 0.15) is 31.7 Å². The summed E-state index contributed by atoms with van der Waals surface area (Å²) in [5, 5.41) is 0. The van der Waals surface area contributed by atoms with Crippen molar-refractivity contribution >= 4 is 5.57 Å². The first-order valence-electron chi connectivity index (χ1n) is 5.34. The molecule has 1 aliphatic rings. The Morgan fingerprint density at radius 1 is 1.00 bits per heavy atom. The zero-order chi connectivity index (χ0) is 9.80. The van der Waals surface area contributed by atoms with Gasteiger partial charge in [0, 0.05) is 0 Å². The molecule has 0 radical (unpaired) electrons. The molecular weight excluding hydrogens is 168 g/mol. The summed E-state index contributed by atoms with van der Waals surface area (Å²) in [6, 6.07) is 10.7. The van der Waals surface area contributed by atoms with E-state index in [4.69, 9.17) is 0 Å². The summed E-state index contributed by atoms with van der Waals surface area (Å²) in [5.41, 5.74) is 4.42. The Morgan fingerprint density at radius 2 is 1.79 bits per heavy atom. The van der Waals surface area contributed by atoms with Gasteiger partial charge < -0.3 is 0 Å². The van der Waals surface area contributed by atoms with Crippen LogP contribution in [0.15, 0.2) is 48.1 Å². The molecule has 72 valence electrons. The minimum Gasteiger partial charge on any atom is -0.0701 e. The maximum atomic E-state index is 2.28. The Kier molecular flexibility index (Phi) is 2.83. The average molecular weight is 184 g/mol. The Bertz CT molecular complexity index is 355. The predicted molar refractivity (Wildman–Crippen MR) is 62.0 cm³/mol. The first-order valence-corrected chi connectivity index (χ1v) is 5.34. The van der Waals surface area contributed by atoms with Gasteiger partial charge in [0.05, 0.1) is 0 Å². The van der Waals surface area contributed by atoms with Crippen molar-refractivity contribution in [2.24, 2.45) is 0 Å². The van der Waals surface area contributed by atoms with Crippen molar-refractivity contribution in [2.75, 3.05) is 0 Å². The molecule has 0 unspecified atom stereocenters. The van der Waals surface area contributed by atoms with E-state index in [1.807, 2.05) is 0 Å². The standard InChI is InChI=1S/C14H16/c1-2-12-8-10-14(11-9-12)13-6-4-3-5-7-13/h3-8,10H,2,9,11H2,1H3. The SMILES string of the molecule is CCC1=CC=C(c2ccccc2)CC1. The van der Waals surface area contributed by atoms with Gasteiger partial charge in [0.1, 0.15) is 0 Å². The highest BCUT2D eigenvalue weighted by Crippen LogP contribution is 2.27. The van der Waals surface area contributed by atoms with Crippen LogP contribution in [-0.4, -0.2) is 0 Å². The van der Waals surface area contributed by atoms with E-state index in [9.17, 15) is 0 Å². The predicted octanol–water partition coefficient (Wildman–Crippen LogP) is 4.20. The van der Waals surface area contributed by atoms with Gasteiger partial charge in [-0.3, -0.25) is 0 Å². The zero-order valence-corrected chi connectivity index (χ0v) is 8.66. The number of hydrogen-bond acceptors (Lipinski definition) is 0. The summed E-state index contributed by atoms with van der Waals surface area (Å²) < 4.78 is 0. The van der Waals surface area contributed by atoms with Gasteiger partial charge in [-0.2, -0.15) is 0 Å². The van der Waals surface area contributed by atoms with Crippen LogP contribution in [0, 0.1) is 0 Å². The van der Waals surface area contributed by atoms with Gasteiger partial charge in [0.15, 0.2) is 0 Å². The molecule has 0 nitrogen and oxygen atoms in total. The molecule has 0 heteroatoms. The zero-order valence-electron chi connectivity index (χ0n) is 8.66. The van der Waals surface area contributed by atoms with E-state index in [1.165, 1.54) is 30.4 Å². The van der Waals surface area contributed by atoms with E-state index >= 15 is 0 Å². The van der Waals surface area contributed by atoms with E-state index in [0.29, 0.717) is 0 Å². The van der Waals surface area contributed by atoms with Gasteiger partial charge in [0.2, 0.25) is 0 Å². The number of benzene rings is 1. The lowest BCUT2D eigenvalue weighted by molar-refractivity contribution is 0.906. The van der Waals surface area contributed by atoms with E-state index in [0.717, 1.165) is 0 Å². The van der Waals surface area contributed by atoms with Crippen molar-refractivity contribution < 1.29 is 0 Å². The molecule has 0 spiro atoms. The molecule has 1 aromatic rings. The molecule has 2 rings (SSSR count). The smallest absolute Gasteiger partial charge is 0.0224 e. The largest absolute Gasteiger partial charge is 0.0701 e. The molecule has 0 fully saturated rings. The van der Waals surface area contributed by atoms with Gasteiger partial charge in [-0.1, -0.05) is 55.0 Å². The van der Waals surface area contributed by atoms with E-state index in [-0.39, 0.29) is 0 Å². The normalized spacial score (nSPS) is 16.1. The van der Waals surface area contributed by atoms with Crippen molar-refractivity contribution in [3.05, 3.63) is 53.6 Å². The molecule has 0 atom stereocenters. The van der Waals surface area contributed by atoms with Gasteiger partial charge in [-0.15, -0.1) is 0 Å². The molecular formula is C14H16. The lowest BCUT2D eigenvalue weighted by Crippen LogP contribution is -1.92. The molecule has 0 amide bonds. The topological polar surface area (TPSA) is 0 Å². The molecule has 1 aliphatic carbocycles. The fraction of sp³-hybridized carbons (Fsp3) is 0.286. The second-order valence-electron chi connectivity index (χ2n) is 3.74. The second-order valence-corrected chi connectivity index (χ2v) is 3.74. The summed E-state index contributed by atoms with van der Waals surface area (Å²) in [6.45, 7) is 2.23. The first kappa shape index (κ1) is 9.26. The molecule has 0 N–H and O–H groups in total. The number of hydrogen-bond donors (Lipinski definition) is 0. The van der Waals surface area contributed by atoms with Crippen LogP contribution in [0.5, 0.6) is 0 Å². The highest BCUT2D eigenvalue weighted by Gasteiger charge is 2.06. The van der Waals surface area contributed by atoms with Crippen LogP contribution in [-0.2, 0) is 0 Å². The average Bonchev–Trinajstić information content (AvgIpc) is 2.30. The second kappa shape index (κ2) is 4.28. The van der Waals surface area contributed by atoms with Crippen molar-refractivity contribution in [2.45, 2.75) is 26.2 Å². The summed E-state index contributed by atoms with van der Waals surface area (Å²) in [5.74, 6) is 0. The molecule has 0 saturated heterocycles. The third-order valence-corrected chi connectivity index (χ3v) is 2.83. The Hall–Kier alpha value is -1.30. The monoisotopic (exact) mass is 184 g/mol. The minimum absolute atomic E-state index is 1.19. The Labute approximate surface area is 86.0 Å². The fourth-order valence-corrected chi connectivity index (χ4v) is 1.87. The van der Waals surface area contributed by atoms with Crippen molar-refractivity contribution in [3.63, 3.8) is 0 Å². The molecule has 0 bridgehead atoms. The number of allylic oxidation sites excluding steroid dienone is 4. The molecule has 0 aliphatic heterocycles. The van der Waals surface area contributed by atoms with Gasteiger partial charge in [-0.05, 0) is 30.4 Å². The lowest BCUT2D eigenvalue weighted by Gasteiger charge is -2.13. The van der Waals surface area contributed by atoms with Crippen molar-refractivity contribution in [1.29, 1.82) is 0 Å². The summed E-state index contributed by atoms with van der Waals surface area (Å²) in [6.07, 6.45) is 8.18. The van der Waals surface area contributed by atoms with E-state index in [1.54, 1.807) is 5.57 Å². The highest BCUT2D eigenvalue weighted by molar-refractivity contribution is 5.68. The van der Waals surface area contributed by atoms with E-state index in [2.05, 4.69) is 49.4 Å². The van der Waals surface area contributed by atoms with Crippen molar-refractivity contribution in [3.8, 4) is 0 Å². The number of rotatable bonds is 2. The van der Waals surface area contributed by atoms with Crippen molar-refractivity contribution in [1.82, 2.24) is 0 Å². The van der Waals surface area contributed by atoms with Crippen LogP contribution in [0.4, 0.5) is 0 Å². The highest BCUT2D eigenvalue weighted by atomic mass is 14.1. The quantitative estimate of drug-likeness (QED) is 0.646. The van der Waals surface area contributed by atoms with Gasteiger partial charge >= 0.3 is 0 Å². The summed E-state index contributed by atoms with van der Waals surface area (Å²) >= 11 is 0. The third kappa shape index (κ3) is 1.95. The summed E-state index contributed by atoms with van der Waals surface area (Å²) in [4.78, 5) is 0. The lowest BCUT2D eigenvalue weighted by atomic mass is 9.92. The van der Waals surface area contributed by atoms with Gasteiger partial charge in [0.25, 0.3) is 0 Å². The van der Waals surface area contributed by atoms with E-state index < -0.39 is 0 Å². The molecule has 1 aromatic carbocycles. The van der Waals surface area contributed by atoms with Crippen LogP contribution >= 0.6 is 0 Å². The third-order valence-electron chi connectivity index (χ3n) is 2.83. The first-order chi connectivity index (χ1) is 6.90. The van der Waals surface area contributed by atoms with Crippen LogP contribution in [0.2, 0.25) is 0 Å².